The van der Waals surface area contributed by atoms with Crippen molar-refractivity contribution in [2.75, 3.05) is 0 Å². The Morgan fingerprint density at radius 1 is 1.59 bits per heavy atom. The van der Waals surface area contributed by atoms with E-state index in [0.717, 1.165) is 18.8 Å². The van der Waals surface area contributed by atoms with Crippen LogP contribution in [-0.2, 0) is 6.54 Å². The maximum absolute atomic E-state index is 13.5. The van der Waals surface area contributed by atoms with Gasteiger partial charge in [-0.2, -0.15) is 0 Å². The summed E-state index contributed by atoms with van der Waals surface area (Å²) < 4.78 is 13.5. The Hall–Kier alpha value is -1.42. The second kappa shape index (κ2) is 4.84. The average molecular weight is 236 g/mol. The van der Waals surface area contributed by atoms with Crippen LogP contribution in [0.15, 0.2) is 18.2 Å². The van der Waals surface area contributed by atoms with E-state index in [0.29, 0.717) is 23.7 Å². The fraction of sp³-hybridized carbons (Fsp3) is 0.462. The van der Waals surface area contributed by atoms with E-state index < -0.39 is 5.91 Å². The molecule has 1 saturated carbocycles. The number of halogens is 1. The molecule has 2 unspecified atom stereocenters. The van der Waals surface area contributed by atoms with Gasteiger partial charge in [0.05, 0.1) is 0 Å². The molecule has 3 N–H and O–H groups in total. The predicted octanol–water partition coefficient (Wildman–Crippen LogP) is 1.81. The number of hydrogen-bond acceptors (Lipinski definition) is 2. The molecule has 1 aromatic rings. The highest BCUT2D eigenvalue weighted by atomic mass is 19.1. The summed E-state index contributed by atoms with van der Waals surface area (Å²) in [6.07, 6.45) is 2.31. The van der Waals surface area contributed by atoms with E-state index >= 15 is 0 Å². The normalized spacial score (nSPS) is 22.5. The Bertz CT molecular complexity index is 433. The lowest BCUT2D eigenvalue weighted by Crippen LogP contribution is -2.19. The van der Waals surface area contributed by atoms with Gasteiger partial charge in [0, 0.05) is 23.7 Å². The van der Waals surface area contributed by atoms with Crippen molar-refractivity contribution in [3.05, 3.63) is 35.1 Å². The van der Waals surface area contributed by atoms with Crippen molar-refractivity contribution in [1.82, 2.24) is 5.32 Å². The summed E-state index contributed by atoms with van der Waals surface area (Å²) in [6, 6.07) is 4.72. The fourth-order valence-electron chi connectivity index (χ4n) is 2.05. The Morgan fingerprint density at radius 2 is 2.35 bits per heavy atom. The topological polar surface area (TPSA) is 55.1 Å². The average Bonchev–Trinajstić information content (AvgIpc) is 3.06. The van der Waals surface area contributed by atoms with Crippen molar-refractivity contribution in [2.45, 2.75) is 32.4 Å². The van der Waals surface area contributed by atoms with Crippen LogP contribution in [0.3, 0.4) is 0 Å². The third-order valence-corrected chi connectivity index (χ3v) is 3.33. The first-order valence-electron chi connectivity index (χ1n) is 5.93. The third kappa shape index (κ3) is 2.82. The smallest absolute Gasteiger partial charge is 0.248 e. The maximum Gasteiger partial charge on any atom is 0.248 e. The van der Waals surface area contributed by atoms with Crippen LogP contribution in [0.2, 0.25) is 0 Å². The first-order valence-corrected chi connectivity index (χ1v) is 5.93. The number of nitrogens with one attached hydrogen (secondary N) is 1. The van der Waals surface area contributed by atoms with Gasteiger partial charge in [-0.15, -0.1) is 0 Å². The van der Waals surface area contributed by atoms with Gasteiger partial charge in [0.2, 0.25) is 5.91 Å². The van der Waals surface area contributed by atoms with Crippen LogP contribution >= 0.6 is 0 Å². The van der Waals surface area contributed by atoms with E-state index in [1.807, 2.05) is 0 Å². The van der Waals surface area contributed by atoms with E-state index in [2.05, 4.69) is 12.2 Å². The van der Waals surface area contributed by atoms with E-state index in [1.54, 1.807) is 0 Å². The molecule has 0 spiro atoms. The van der Waals surface area contributed by atoms with Gasteiger partial charge in [-0.1, -0.05) is 13.3 Å². The monoisotopic (exact) mass is 236 g/mol. The molecule has 92 valence electrons. The second-order valence-electron chi connectivity index (χ2n) is 4.56. The van der Waals surface area contributed by atoms with Crippen molar-refractivity contribution < 1.29 is 9.18 Å². The van der Waals surface area contributed by atoms with Crippen LogP contribution in [0, 0.1) is 11.7 Å². The lowest BCUT2D eigenvalue weighted by molar-refractivity contribution is 0.1000. The summed E-state index contributed by atoms with van der Waals surface area (Å²) in [5, 5.41) is 3.29. The van der Waals surface area contributed by atoms with Gasteiger partial charge in [-0.3, -0.25) is 4.79 Å². The van der Waals surface area contributed by atoms with Gasteiger partial charge < -0.3 is 11.1 Å². The molecule has 1 aromatic carbocycles. The van der Waals surface area contributed by atoms with Crippen LogP contribution in [-0.4, -0.2) is 11.9 Å². The molecule has 2 rings (SSSR count). The zero-order valence-corrected chi connectivity index (χ0v) is 9.87. The molecule has 4 heteroatoms. The molecule has 1 aliphatic rings. The summed E-state index contributed by atoms with van der Waals surface area (Å²) in [6.45, 7) is 2.61. The van der Waals surface area contributed by atoms with Crippen molar-refractivity contribution in [2.24, 2.45) is 11.7 Å². The van der Waals surface area contributed by atoms with Crippen LogP contribution in [0.25, 0.3) is 0 Å². The highest BCUT2D eigenvalue weighted by molar-refractivity contribution is 5.92. The minimum absolute atomic E-state index is 0.295. The summed E-state index contributed by atoms with van der Waals surface area (Å²) in [5.74, 6) is -0.0994. The molecule has 0 bridgehead atoms. The molecule has 2 atom stereocenters. The Kier molecular flexibility index (Phi) is 3.43. The van der Waals surface area contributed by atoms with Crippen LogP contribution in [0.4, 0.5) is 4.39 Å². The highest BCUT2D eigenvalue weighted by Crippen LogP contribution is 2.33. The molecule has 0 heterocycles. The van der Waals surface area contributed by atoms with Gasteiger partial charge >= 0.3 is 0 Å². The molecule has 17 heavy (non-hydrogen) atoms. The Balaban J connectivity index is 1.99. The molecule has 0 aliphatic heterocycles. The summed E-state index contributed by atoms with van der Waals surface area (Å²) in [5.41, 5.74) is 6.02. The number of rotatable bonds is 5. The standard InChI is InChI=1S/C13H17FN2O/c1-2-8-6-12(8)16-7-10-5-9(13(15)17)3-4-11(10)14/h3-5,8,12,16H,2,6-7H2,1H3,(H2,15,17). The number of carbonyl (C=O) groups excluding carboxylic acids is 1. The molecule has 0 radical (unpaired) electrons. The number of nitrogens with two attached hydrogens (primary N) is 1. The van der Waals surface area contributed by atoms with Crippen molar-refractivity contribution >= 4 is 5.91 Å². The quantitative estimate of drug-likeness (QED) is 0.819. The maximum atomic E-state index is 13.5. The largest absolute Gasteiger partial charge is 0.366 e. The minimum Gasteiger partial charge on any atom is -0.366 e. The zero-order valence-electron chi connectivity index (χ0n) is 9.87. The summed E-state index contributed by atoms with van der Waals surface area (Å²) in [4.78, 5) is 11.0. The molecule has 0 aromatic heterocycles. The third-order valence-electron chi connectivity index (χ3n) is 3.33. The lowest BCUT2D eigenvalue weighted by atomic mass is 10.1. The molecular weight excluding hydrogens is 219 g/mol. The van der Waals surface area contributed by atoms with Crippen LogP contribution < -0.4 is 11.1 Å². The first kappa shape index (κ1) is 12.0. The van der Waals surface area contributed by atoms with E-state index in [4.69, 9.17) is 5.73 Å². The van der Waals surface area contributed by atoms with Gasteiger partial charge in [0.1, 0.15) is 5.82 Å². The van der Waals surface area contributed by atoms with Crippen LogP contribution in [0.5, 0.6) is 0 Å². The van der Waals surface area contributed by atoms with Crippen molar-refractivity contribution in [3.8, 4) is 0 Å². The van der Waals surface area contributed by atoms with E-state index in [-0.39, 0.29) is 5.82 Å². The summed E-state index contributed by atoms with van der Waals surface area (Å²) in [7, 11) is 0. The van der Waals surface area contributed by atoms with Gasteiger partial charge in [-0.25, -0.2) is 4.39 Å². The Labute approximate surface area is 100 Å². The molecule has 0 saturated heterocycles. The zero-order chi connectivity index (χ0) is 12.4. The molecule has 1 amide bonds. The van der Waals surface area contributed by atoms with Gasteiger partial charge in [-0.05, 0) is 30.5 Å². The van der Waals surface area contributed by atoms with Gasteiger partial charge in [0.25, 0.3) is 0 Å². The van der Waals surface area contributed by atoms with Gasteiger partial charge in [0.15, 0.2) is 0 Å². The molecule has 1 aliphatic carbocycles. The van der Waals surface area contributed by atoms with E-state index in [9.17, 15) is 9.18 Å². The van der Waals surface area contributed by atoms with E-state index in [1.165, 1.54) is 18.2 Å². The summed E-state index contributed by atoms with van der Waals surface area (Å²) >= 11 is 0. The molecule has 3 nitrogen and oxygen atoms in total. The highest BCUT2D eigenvalue weighted by Gasteiger charge is 2.34. The fourth-order valence-corrected chi connectivity index (χ4v) is 2.05. The predicted molar refractivity (Wildman–Crippen MR) is 63.9 cm³/mol. The second-order valence-corrected chi connectivity index (χ2v) is 4.56. The molecular formula is C13H17FN2O. The SMILES string of the molecule is CCC1CC1NCc1cc(C(N)=O)ccc1F. The lowest BCUT2D eigenvalue weighted by Gasteiger charge is -2.06. The minimum atomic E-state index is -0.524. The Morgan fingerprint density at radius 3 is 2.94 bits per heavy atom. The number of hydrogen-bond donors (Lipinski definition) is 2. The number of benzene rings is 1. The van der Waals surface area contributed by atoms with Crippen LogP contribution in [0.1, 0.15) is 35.7 Å². The number of primary amides is 1. The number of amides is 1. The first-order chi connectivity index (χ1) is 8.11. The van der Waals surface area contributed by atoms with Crippen molar-refractivity contribution in [1.29, 1.82) is 0 Å². The number of carbonyl (C=O) groups is 1. The van der Waals surface area contributed by atoms with Crippen molar-refractivity contribution in [3.63, 3.8) is 0 Å². The molecule has 1 fully saturated rings.